The molecule has 2 rings (SSSR count). The van der Waals surface area contributed by atoms with Crippen molar-refractivity contribution in [2.45, 2.75) is 77.4 Å². The molecule has 0 aromatic heterocycles. The summed E-state index contributed by atoms with van der Waals surface area (Å²) in [6.45, 7) is 8.01. The normalized spacial score (nSPS) is 34.5. The predicted octanol–water partition coefficient (Wildman–Crippen LogP) is 2.08. The lowest BCUT2D eigenvalue weighted by atomic mass is 9.85. The molecule has 0 spiro atoms. The predicted molar refractivity (Wildman–Crippen MR) is 74.6 cm³/mol. The van der Waals surface area contributed by atoms with Gasteiger partial charge in [-0.1, -0.05) is 27.2 Å². The Balaban J connectivity index is 2.34. The molecule has 1 saturated heterocycles. The van der Waals surface area contributed by atoms with E-state index in [-0.39, 0.29) is 23.9 Å². The molecule has 4 nitrogen and oxygen atoms in total. The first kappa shape index (κ1) is 14.4. The highest BCUT2D eigenvalue weighted by atomic mass is 16.2. The largest absolute Gasteiger partial charge is 0.340 e. The second-order valence-corrected chi connectivity index (χ2v) is 6.14. The van der Waals surface area contributed by atoms with Gasteiger partial charge in [0, 0.05) is 6.04 Å². The van der Waals surface area contributed by atoms with Gasteiger partial charge in [0.1, 0.15) is 11.6 Å². The maximum absolute atomic E-state index is 12.9. The average Bonchev–Trinajstić information content (AvgIpc) is 2.81. The monoisotopic (exact) mass is 266 g/mol. The summed E-state index contributed by atoms with van der Waals surface area (Å²) in [6, 6.07) is -0.0877. The Morgan fingerprint density at radius 2 is 1.84 bits per heavy atom. The minimum Gasteiger partial charge on any atom is -0.340 e. The van der Waals surface area contributed by atoms with Gasteiger partial charge in [0.2, 0.25) is 11.8 Å². The molecule has 2 fully saturated rings. The first-order valence-electron chi connectivity index (χ1n) is 7.61. The van der Waals surface area contributed by atoms with Crippen molar-refractivity contribution in [3.05, 3.63) is 0 Å². The molecule has 2 aliphatic rings. The summed E-state index contributed by atoms with van der Waals surface area (Å²) in [5.41, 5.74) is -0.675. The van der Waals surface area contributed by atoms with Gasteiger partial charge in [-0.15, -0.1) is 0 Å². The average molecular weight is 266 g/mol. The van der Waals surface area contributed by atoms with Crippen molar-refractivity contribution in [1.29, 1.82) is 0 Å². The molecule has 1 saturated carbocycles. The number of hydrogen-bond donors (Lipinski definition) is 1. The van der Waals surface area contributed by atoms with Crippen LogP contribution in [0.4, 0.5) is 0 Å². The lowest BCUT2D eigenvalue weighted by Gasteiger charge is -2.48. The molecular weight excluding hydrogens is 240 g/mol. The molecule has 0 aromatic rings. The summed E-state index contributed by atoms with van der Waals surface area (Å²) in [4.78, 5) is 27.0. The van der Waals surface area contributed by atoms with E-state index in [0.717, 1.165) is 19.3 Å². The standard InChI is InChI=1S/C15H26N2O2/c1-5-15(6-2)14(19)17(11(4)13(18)16-15)12-9-7-8-10(12)3/h10-12H,5-9H2,1-4H3,(H,16,18). The molecule has 1 N–H and O–H groups in total. The zero-order chi connectivity index (χ0) is 14.2. The maximum Gasteiger partial charge on any atom is 0.249 e. The fourth-order valence-electron chi connectivity index (χ4n) is 3.65. The van der Waals surface area contributed by atoms with Gasteiger partial charge in [0.05, 0.1) is 0 Å². The third-order valence-electron chi connectivity index (χ3n) is 5.18. The zero-order valence-electron chi connectivity index (χ0n) is 12.5. The number of nitrogens with zero attached hydrogens (tertiary/aromatic N) is 1. The third kappa shape index (κ3) is 2.15. The first-order valence-corrected chi connectivity index (χ1v) is 7.61. The summed E-state index contributed by atoms with van der Waals surface area (Å²) in [6.07, 6.45) is 4.69. The Labute approximate surface area is 115 Å². The van der Waals surface area contributed by atoms with Crippen LogP contribution >= 0.6 is 0 Å². The molecule has 1 heterocycles. The summed E-state index contributed by atoms with van der Waals surface area (Å²) >= 11 is 0. The number of rotatable bonds is 3. The van der Waals surface area contributed by atoms with Gasteiger partial charge in [-0.2, -0.15) is 0 Å². The molecular formula is C15H26N2O2. The van der Waals surface area contributed by atoms with Crippen molar-refractivity contribution in [2.75, 3.05) is 0 Å². The Bertz CT molecular complexity index is 376. The molecule has 1 aliphatic carbocycles. The number of piperazine rings is 1. The van der Waals surface area contributed by atoms with E-state index in [9.17, 15) is 9.59 Å². The van der Waals surface area contributed by atoms with Crippen LogP contribution < -0.4 is 5.32 Å². The molecule has 0 aromatic carbocycles. The summed E-state index contributed by atoms with van der Waals surface area (Å²) < 4.78 is 0. The number of nitrogens with one attached hydrogen (secondary N) is 1. The van der Waals surface area contributed by atoms with Crippen LogP contribution in [-0.2, 0) is 9.59 Å². The Morgan fingerprint density at radius 3 is 2.32 bits per heavy atom. The highest BCUT2D eigenvalue weighted by Gasteiger charge is 2.50. The highest BCUT2D eigenvalue weighted by Crippen LogP contribution is 2.35. The molecule has 1 aliphatic heterocycles. The van der Waals surface area contributed by atoms with Crippen LogP contribution in [0.3, 0.4) is 0 Å². The quantitative estimate of drug-likeness (QED) is 0.850. The van der Waals surface area contributed by atoms with Crippen molar-refractivity contribution >= 4 is 11.8 Å². The molecule has 19 heavy (non-hydrogen) atoms. The zero-order valence-corrected chi connectivity index (χ0v) is 12.5. The molecule has 0 bridgehead atoms. The topological polar surface area (TPSA) is 49.4 Å². The SMILES string of the molecule is CCC1(CC)NC(=O)C(C)N(C2CCCC2C)C1=O. The van der Waals surface area contributed by atoms with E-state index >= 15 is 0 Å². The fourth-order valence-corrected chi connectivity index (χ4v) is 3.65. The molecule has 4 heteroatoms. The van der Waals surface area contributed by atoms with Gasteiger partial charge < -0.3 is 10.2 Å². The second kappa shape index (κ2) is 5.14. The Kier molecular flexibility index (Phi) is 3.88. The minimum atomic E-state index is -0.675. The van der Waals surface area contributed by atoms with Crippen LogP contribution in [0.5, 0.6) is 0 Å². The Hall–Kier alpha value is -1.06. The van der Waals surface area contributed by atoms with Crippen LogP contribution in [0, 0.1) is 5.92 Å². The molecule has 108 valence electrons. The van der Waals surface area contributed by atoms with E-state index < -0.39 is 5.54 Å². The van der Waals surface area contributed by atoms with Gasteiger partial charge >= 0.3 is 0 Å². The first-order chi connectivity index (χ1) is 8.96. The summed E-state index contributed by atoms with van der Waals surface area (Å²) in [5, 5.41) is 2.97. The van der Waals surface area contributed by atoms with Gasteiger partial charge in [0.15, 0.2) is 0 Å². The summed E-state index contributed by atoms with van der Waals surface area (Å²) in [5.74, 6) is 0.634. The third-order valence-corrected chi connectivity index (χ3v) is 5.18. The van der Waals surface area contributed by atoms with Crippen molar-refractivity contribution in [1.82, 2.24) is 10.2 Å². The minimum absolute atomic E-state index is 0.00222. The van der Waals surface area contributed by atoms with E-state index in [1.165, 1.54) is 0 Å². The van der Waals surface area contributed by atoms with Crippen molar-refractivity contribution in [3.63, 3.8) is 0 Å². The van der Waals surface area contributed by atoms with Gasteiger partial charge in [-0.3, -0.25) is 9.59 Å². The van der Waals surface area contributed by atoms with Crippen molar-refractivity contribution in [2.24, 2.45) is 5.92 Å². The van der Waals surface area contributed by atoms with E-state index in [2.05, 4.69) is 12.2 Å². The van der Waals surface area contributed by atoms with Crippen molar-refractivity contribution in [3.8, 4) is 0 Å². The number of carbonyl (C=O) groups excluding carboxylic acids is 2. The van der Waals surface area contributed by atoms with Crippen LogP contribution in [0.2, 0.25) is 0 Å². The Morgan fingerprint density at radius 1 is 1.21 bits per heavy atom. The van der Waals surface area contributed by atoms with E-state index in [0.29, 0.717) is 18.8 Å². The van der Waals surface area contributed by atoms with E-state index in [1.54, 1.807) is 0 Å². The summed E-state index contributed by atoms with van der Waals surface area (Å²) in [7, 11) is 0. The van der Waals surface area contributed by atoms with Gasteiger partial charge in [0.25, 0.3) is 0 Å². The smallest absolute Gasteiger partial charge is 0.249 e. The van der Waals surface area contributed by atoms with Crippen LogP contribution in [0.15, 0.2) is 0 Å². The lowest BCUT2D eigenvalue weighted by molar-refractivity contribution is -0.158. The number of carbonyl (C=O) groups is 2. The molecule has 2 amide bonds. The lowest BCUT2D eigenvalue weighted by Crippen LogP contribution is -2.71. The van der Waals surface area contributed by atoms with E-state index in [1.807, 2.05) is 25.7 Å². The highest BCUT2D eigenvalue weighted by molar-refractivity contribution is 5.99. The van der Waals surface area contributed by atoms with Crippen LogP contribution in [-0.4, -0.2) is 34.3 Å². The second-order valence-electron chi connectivity index (χ2n) is 6.14. The van der Waals surface area contributed by atoms with Gasteiger partial charge in [-0.25, -0.2) is 0 Å². The van der Waals surface area contributed by atoms with Gasteiger partial charge in [-0.05, 0) is 38.5 Å². The van der Waals surface area contributed by atoms with E-state index in [4.69, 9.17) is 0 Å². The van der Waals surface area contributed by atoms with Crippen LogP contribution in [0.1, 0.15) is 59.8 Å². The maximum atomic E-state index is 12.9. The molecule has 3 atom stereocenters. The fraction of sp³-hybridized carbons (Fsp3) is 0.867. The molecule has 3 unspecified atom stereocenters. The number of amides is 2. The molecule has 0 radical (unpaired) electrons. The number of hydrogen-bond acceptors (Lipinski definition) is 2. The van der Waals surface area contributed by atoms with Crippen molar-refractivity contribution < 1.29 is 9.59 Å². The van der Waals surface area contributed by atoms with Crippen LogP contribution in [0.25, 0.3) is 0 Å².